The summed E-state index contributed by atoms with van der Waals surface area (Å²) in [6.07, 6.45) is 0. The Morgan fingerprint density at radius 1 is 0.737 bits per heavy atom. The average Bonchev–Trinajstić information content (AvgIpc) is 3.23. The minimum absolute atomic E-state index is 0.117. The molecule has 0 aliphatic heterocycles. The lowest BCUT2D eigenvalue weighted by atomic mass is 10.3. The standard InChI is InChI=1S/C28H25N5O4S/c1-19-17-20(2)33(31-19)27-18-28(30-21(3)29-27)37-25-11-9-22(10-12-25)32-38(34,35)26-15-13-24(14-16-26)36-23-7-5-4-6-8-23/h4-18,32H,1-3H3. The summed E-state index contributed by atoms with van der Waals surface area (Å²) in [5.41, 5.74) is 2.22. The summed E-state index contributed by atoms with van der Waals surface area (Å²) in [6.45, 7) is 5.64. The van der Waals surface area contributed by atoms with Crippen LogP contribution in [0, 0.1) is 20.8 Å². The summed E-state index contributed by atoms with van der Waals surface area (Å²) >= 11 is 0. The molecule has 3 aromatic carbocycles. The summed E-state index contributed by atoms with van der Waals surface area (Å²) in [5.74, 6) is 3.19. The monoisotopic (exact) mass is 527 g/mol. The normalized spacial score (nSPS) is 11.2. The van der Waals surface area contributed by atoms with E-state index in [4.69, 9.17) is 9.47 Å². The van der Waals surface area contributed by atoms with Gasteiger partial charge in [0, 0.05) is 17.4 Å². The number of rotatable bonds is 8. The van der Waals surface area contributed by atoms with Gasteiger partial charge in [-0.05, 0) is 87.5 Å². The first-order valence-electron chi connectivity index (χ1n) is 11.8. The molecule has 2 heterocycles. The molecule has 10 heteroatoms. The second-order valence-electron chi connectivity index (χ2n) is 8.57. The van der Waals surface area contributed by atoms with E-state index in [1.807, 2.05) is 50.2 Å². The topological polar surface area (TPSA) is 108 Å². The Kier molecular flexibility index (Phi) is 6.80. The first-order valence-corrected chi connectivity index (χ1v) is 13.3. The third kappa shape index (κ3) is 5.81. The fraction of sp³-hybridized carbons (Fsp3) is 0.107. The van der Waals surface area contributed by atoms with E-state index < -0.39 is 10.0 Å². The van der Waals surface area contributed by atoms with Gasteiger partial charge in [0.25, 0.3) is 10.0 Å². The molecule has 38 heavy (non-hydrogen) atoms. The number of anilines is 1. The molecular weight excluding hydrogens is 502 g/mol. The zero-order valence-corrected chi connectivity index (χ0v) is 21.8. The van der Waals surface area contributed by atoms with Crippen LogP contribution in [-0.2, 0) is 10.0 Å². The van der Waals surface area contributed by atoms with Crippen LogP contribution in [0.2, 0.25) is 0 Å². The number of sulfonamides is 1. The molecule has 1 N–H and O–H groups in total. The molecule has 0 spiro atoms. The second kappa shape index (κ2) is 10.3. The number of ether oxygens (including phenoxy) is 2. The van der Waals surface area contributed by atoms with Crippen molar-refractivity contribution >= 4 is 15.7 Å². The highest BCUT2D eigenvalue weighted by molar-refractivity contribution is 7.92. The Balaban J connectivity index is 1.26. The lowest BCUT2D eigenvalue weighted by Crippen LogP contribution is -2.12. The molecule has 0 atom stereocenters. The zero-order valence-electron chi connectivity index (χ0n) is 21.0. The van der Waals surface area contributed by atoms with Crippen molar-refractivity contribution in [3.05, 3.63) is 108 Å². The van der Waals surface area contributed by atoms with Gasteiger partial charge in [-0.1, -0.05) is 18.2 Å². The maximum Gasteiger partial charge on any atom is 0.261 e. The third-order valence-corrected chi connectivity index (χ3v) is 6.87. The van der Waals surface area contributed by atoms with Gasteiger partial charge in [-0.2, -0.15) is 10.1 Å². The van der Waals surface area contributed by atoms with Crippen LogP contribution in [0.4, 0.5) is 5.69 Å². The molecule has 0 saturated carbocycles. The van der Waals surface area contributed by atoms with Crippen LogP contribution in [0.5, 0.6) is 23.1 Å². The molecule has 5 aromatic rings. The molecule has 0 aliphatic carbocycles. The first-order chi connectivity index (χ1) is 18.2. The number of para-hydroxylation sites is 1. The highest BCUT2D eigenvalue weighted by atomic mass is 32.2. The van der Waals surface area contributed by atoms with Gasteiger partial charge in [0.15, 0.2) is 5.82 Å². The Labute approximate surface area is 220 Å². The molecule has 0 bridgehead atoms. The van der Waals surface area contributed by atoms with E-state index in [-0.39, 0.29) is 4.90 Å². The van der Waals surface area contributed by atoms with Crippen LogP contribution in [0.3, 0.4) is 0 Å². The quantitative estimate of drug-likeness (QED) is 0.265. The van der Waals surface area contributed by atoms with Crippen molar-refractivity contribution in [3.63, 3.8) is 0 Å². The van der Waals surface area contributed by atoms with E-state index in [1.54, 1.807) is 54.1 Å². The molecule has 192 valence electrons. The highest BCUT2D eigenvalue weighted by Gasteiger charge is 2.15. The minimum Gasteiger partial charge on any atom is -0.457 e. The van der Waals surface area contributed by atoms with Crippen LogP contribution in [0.1, 0.15) is 17.2 Å². The number of nitrogens with one attached hydrogen (secondary N) is 1. The molecule has 0 unspecified atom stereocenters. The molecule has 9 nitrogen and oxygen atoms in total. The Morgan fingerprint density at radius 3 is 2.03 bits per heavy atom. The number of hydrogen-bond donors (Lipinski definition) is 1. The first kappa shape index (κ1) is 25.0. The van der Waals surface area contributed by atoms with Gasteiger partial charge in [-0.25, -0.2) is 18.1 Å². The van der Waals surface area contributed by atoms with Gasteiger partial charge >= 0.3 is 0 Å². The lowest BCUT2D eigenvalue weighted by molar-refractivity contribution is 0.459. The molecule has 0 saturated heterocycles. The fourth-order valence-electron chi connectivity index (χ4n) is 3.78. The number of nitrogens with zero attached hydrogens (tertiary/aromatic N) is 4. The second-order valence-corrected chi connectivity index (χ2v) is 10.3. The van der Waals surface area contributed by atoms with Gasteiger partial charge in [-0.15, -0.1) is 0 Å². The molecule has 0 fully saturated rings. The lowest BCUT2D eigenvalue weighted by Gasteiger charge is -2.11. The Morgan fingerprint density at radius 2 is 1.37 bits per heavy atom. The summed E-state index contributed by atoms with van der Waals surface area (Å²) < 4.78 is 41.7. The number of hydrogen-bond acceptors (Lipinski definition) is 7. The summed E-state index contributed by atoms with van der Waals surface area (Å²) in [4.78, 5) is 8.92. The van der Waals surface area contributed by atoms with Crippen molar-refractivity contribution in [2.45, 2.75) is 25.7 Å². The van der Waals surface area contributed by atoms with Crippen LogP contribution < -0.4 is 14.2 Å². The third-order valence-electron chi connectivity index (χ3n) is 5.47. The predicted octanol–water partition coefficient (Wildman–Crippen LogP) is 5.97. The number of benzene rings is 3. The van der Waals surface area contributed by atoms with Crippen molar-refractivity contribution in [3.8, 4) is 28.9 Å². The summed E-state index contributed by atoms with van der Waals surface area (Å²) in [7, 11) is -3.80. The molecule has 5 rings (SSSR count). The fourth-order valence-corrected chi connectivity index (χ4v) is 4.84. The highest BCUT2D eigenvalue weighted by Crippen LogP contribution is 2.26. The van der Waals surface area contributed by atoms with Crippen molar-refractivity contribution in [2.24, 2.45) is 0 Å². The van der Waals surface area contributed by atoms with E-state index in [1.165, 1.54) is 12.1 Å². The largest absolute Gasteiger partial charge is 0.457 e. The molecule has 0 aliphatic rings. The van der Waals surface area contributed by atoms with Crippen molar-refractivity contribution in [1.82, 2.24) is 19.7 Å². The van der Waals surface area contributed by atoms with Crippen molar-refractivity contribution in [2.75, 3.05) is 4.72 Å². The van der Waals surface area contributed by atoms with Gasteiger partial charge in [0.05, 0.1) is 10.6 Å². The average molecular weight is 528 g/mol. The van der Waals surface area contributed by atoms with Gasteiger partial charge in [0.1, 0.15) is 23.1 Å². The van der Waals surface area contributed by atoms with Crippen LogP contribution in [-0.4, -0.2) is 28.2 Å². The molecule has 0 amide bonds. The van der Waals surface area contributed by atoms with E-state index in [0.717, 1.165) is 11.4 Å². The van der Waals surface area contributed by atoms with E-state index in [9.17, 15) is 8.42 Å². The Hall–Kier alpha value is -4.70. The molecule has 0 radical (unpaired) electrons. The SMILES string of the molecule is Cc1cc(C)n(-c2cc(Oc3ccc(NS(=O)(=O)c4ccc(Oc5ccccc5)cc4)cc3)nc(C)n2)n1. The van der Waals surface area contributed by atoms with Crippen molar-refractivity contribution < 1.29 is 17.9 Å². The minimum atomic E-state index is -3.80. The van der Waals surface area contributed by atoms with Gasteiger partial charge < -0.3 is 9.47 Å². The van der Waals surface area contributed by atoms with Crippen LogP contribution in [0.15, 0.2) is 95.9 Å². The van der Waals surface area contributed by atoms with Gasteiger partial charge in [-0.3, -0.25) is 4.72 Å². The predicted molar refractivity (Wildman–Crippen MR) is 144 cm³/mol. The number of aryl methyl sites for hydroxylation is 3. The maximum atomic E-state index is 12.9. The smallest absolute Gasteiger partial charge is 0.261 e. The maximum absolute atomic E-state index is 12.9. The Bertz CT molecular complexity index is 1670. The van der Waals surface area contributed by atoms with E-state index in [2.05, 4.69) is 19.8 Å². The van der Waals surface area contributed by atoms with Crippen LogP contribution in [0.25, 0.3) is 5.82 Å². The van der Waals surface area contributed by atoms with Crippen molar-refractivity contribution in [1.29, 1.82) is 0 Å². The molecule has 2 aromatic heterocycles. The zero-order chi connectivity index (χ0) is 26.7. The van der Waals surface area contributed by atoms with E-state index in [0.29, 0.717) is 40.5 Å². The summed E-state index contributed by atoms with van der Waals surface area (Å²) in [6, 6.07) is 25.7. The van der Waals surface area contributed by atoms with E-state index >= 15 is 0 Å². The number of aromatic nitrogens is 4. The molecular formula is C28H25N5O4S. The summed E-state index contributed by atoms with van der Waals surface area (Å²) in [5, 5.41) is 4.46. The van der Waals surface area contributed by atoms with Crippen LogP contribution >= 0.6 is 0 Å². The van der Waals surface area contributed by atoms with Gasteiger partial charge in [0.2, 0.25) is 5.88 Å².